The molecule has 118 valence electrons. The molecule has 4 nitrogen and oxygen atoms in total. The molecule has 1 aromatic heterocycles. The van der Waals surface area contributed by atoms with E-state index in [4.69, 9.17) is 5.26 Å². The van der Waals surface area contributed by atoms with Crippen molar-refractivity contribution in [1.29, 1.82) is 5.26 Å². The van der Waals surface area contributed by atoms with Crippen molar-refractivity contribution in [1.82, 2.24) is 9.88 Å². The second-order valence-corrected chi connectivity index (χ2v) is 6.08. The van der Waals surface area contributed by atoms with E-state index in [1.165, 1.54) is 5.56 Å². The molecule has 1 saturated heterocycles. The third-order valence-electron chi connectivity index (χ3n) is 4.35. The lowest BCUT2D eigenvalue weighted by Gasteiger charge is -2.32. The Morgan fingerprint density at radius 1 is 1.04 bits per heavy atom. The fourth-order valence-corrected chi connectivity index (χ4v) is 3.03. The van der Waals surface area contributed by atoms with E-state index in [1.54, 1.807) is 0 Å². The predicted molar refractivity (Wildman–Crippen MR) is 91.9 cm³/mol. The molecule has 1 aliphatic heterocycles. The van der Waals surface area contributed by atoms with Gasteiger partial charge < -0.3 is 5.32 Å². The summed E-state index contributed by atoms with van der Waals surface area (Å²) in [7, 11) is 0. The lowest BCUT2D eigenvalue weighted by Crippen LogP contribution is -2.38. The Morgan fingerprint density at radius 3 is 2.39 bits per heavy atom. The minimum absolute atomic E-state index is 0.480. The fourth-order valence-electron chi connectivity index (χ4n) is 3.03. The van der Waals surface area contributed by atoms with Crippen molar-refractivity contribution in [2.45, 2.75) is 31.8 Å². The maximum Gasteiger partial charge on any atom is 0.0669 e. The predicted octanol–water partition coefficient (Wildman–Crippen LogP) is 3.22. The average molecular weight is 306 g/mol. The molecule has 1 aromatic carbocycles. The summed E-state index contributed by atoms with van der Waals surface area (Å²) in [5, 5.41) is 12.3. The van der Waals surface area contributed by atoms with Crippen molar-refractivity contribution >= 4 is 5.69 Å². The highest BCUT2D eigenvalue weighted by atomic mass is 15.1. The topological polar surface area (TPSA) is 52.0 Å². The zero-order chi connectivity index (χ0) is 15.9. The van der Waals surface area contributed by atoms with E-state index < -0.39 is 0 Å². The van der Waals surface area contributed by atoms with Crippen molar-refractivity contribution in [3.05, 3.63) is 59.9 Å². The maximum atomic E-state index is 8.71. The number of nitriles is 1. The molecule has 0 saturated carbocycles. The molecule has 2 aromatic rings. The van der Waals surface area contributed by atoms with Crippen molar-refractivity contribution in [3.8, 4) is 6.07 Å². The minimum Gasteiger partial charge on any atom is -0.382 e. The third kappa shape index (κ3) is 4.54. The number of hydrogen-bond acceptors (Lipinski definition) is 4. The molecule has 1 N–H and O–H groups in total. The van der Waals surface area contributed by atoms with Crippen LogP contribution in [0.2, 0.25) is 0 Å². The van der Waals surface area contributed by atoms with Gasteiger partial charge in [0.15, 0.2) is 0 Å². The molecule has 0 amide bonds. The van der Waals surface area contributed by atoms with Crippen LogP contribution in [0.4, 0.5) is 5.69 Å². The van der Waals surface area contributed by atoms with Crippen LogP contribution in [0, 0.1) is 11.3 Å². The van der Waals surface area contributed by atoms with Crippen molar-refractivity contribution in [2.24, 2.45) is 0 Å². The molecule has 0 unspecified atom stereocenters. The third-order valence-corrected chi connectivity index (χ3v) is 4.35. The number of nitrogens with zero attached hydrogens (tertiary/aromatic N) is 3. The van der Waals surface area contributed by atoms with E-state index in [2.05, 4.69) is 45.5 Å². The van der Waals surface area contributed by atoms with Crippen LogP contribution in [0.25, 0.3) is 0 Å². The van der Waals surface area contributed by atoms with Gasteiger partial charge in [-0.2, -0.15) is 5.26 Å². The number of nitrogens with one attached hydrogen (secondary N) is 1. The Balaban J connectivity index is 1.46. The van der Waals surface area contributed by atoms with Gasteiger partial charge in [-0.05, 0) is 48.2 Å². The molecular formula is C19H22N4. The second kappa shape index (κ2) is 7.75. The first kappa shape index (κ1) is 15.5. The average Bonchev–Trinajstić information content (AvgIpc) is 2.60. The van der Waals surface area contributed by atoms with Gasteiger partial charge in [-0.25, -0.2) is 0 Å². The van der Waals surface area contributed by atoms with Gasteiger partial charge >= 0.3 is 0 Å². The van der Waals surface area contributed by atoms with Crippen LogP contribution in [-0.4, -0.2) is 29.0 Å². The molecule has 23 heavy (non-hydrogen) atoms. The van der Waals surface area contributed by atoms with Gasteiger partial charge in [0.2, 0.25) is 0 Å². The number of likely N-dealkylation sites (tertiary alicyclic amines) is 1. The quantitative estimate of drug-likeness (QED) is 0.921. The van der Waals surface area contributed by atoms with Crippen molar-refractivity contribution in [3.63, 3.8) is 0 Å². The minimum atomic E-state index is 0.480. The van der Waals surface area contributed by atoms with Gasteiger partial charge in [-0.3, -0.25) is 9.88 Å². The van der Waals surface area contributed by atoms with Gasteiger partial charge in [-0.1, -0.05) is 12.1 Å². The maximum absolute atomic E-state index is 8.71. The molecule has 0 aliphatic carbocycles. The van der Waals surface area contributed by atoms with E-state index >= 15 is 0 Å². The Labute approximate surface area is 137 Å². The zero-order valence-electron chi connectivity index (χ0n) is 13.3. The summed E-state index contributed by atoms with van der Waals surface area (Å²) in [6, 6.07) is 15.1. The van der Waals surface area contributed by atoms with Crippen LogP contribution in [0.3, 0.4) is 0 Å². The summed E-state index contributed by atoms with van der Waals surface area (Å²) in [6.45, 7) is 3.25. The molecule has 2 heterocycles. The van der Waals surface area contributed by atoms with Crippen LogP contribution in [0.15, 0.2) is 48.8 Å². The van der Waals surface area contributed by atoms with Crippen LogP contribution in [0.5, 0.6) is 0 Å². The Bertz CT molecular complexity index is 637. The highest BCUT2D eigenvalue weighted by Crippen LogP contribution is 2.18. The summed E-state index contributed by atoms with van der Waals surface area (Å²) in [5.41, 5.74) is 3.56. The molecule has 1 aliphatic rings. The zero-order valence-corrected chi connectivity index (χ0v) is 13.3. The number of anilines is 1. The molecule has 0 radical (unpaired) electrons. The number of piperidine rings is 1. The molecule has 4 heteroatoms. The first-order chi connectivity index (χ1) is 11.3. The SMILES string of the molecule is N#CCc1ccc(NC2CCN(Cc3ccncc3)CC2)cc1. The Kier molecular flexibility index (Phi) is 5.23. The summed E-state index contributed by atoms with van der Waals surface area (Å²) < 4.78 is 0. The van der Waals surface area contributed by atoms with Gasteiger partial charge in [0, 0.05) is 43.8 Å². The molecule has 0 bridgehead atoms. The van der Waals surface area contributed by atoms with Crippen LogP contribution in [-0.2, 0) is 13.0 Å². The summed E-state index contributed by atoms with van der Waals surface area (Å²) >= 11 is 0. The normalized spacial score (nSPS) is 16.0. The smallest absolute Gasteiger partial charge is 0.0669 e. The van der Waals surface area contributed by atoms with Gasteiger partial charge in [0.25, 0.3) is 0 Å². The fraction of sp³-hybridized carbons (Fsp3) is 0.368. The number of pyridine rings is 1. The largest absolute Gasteiger partial charge is 0.382 e. The lowest BCUT2D eigenvalue weighted by atomic mass is 10.0. The number of benzene rings is 1. The van der Waals surface area contributed by atoms with E-state index in [-0.39, 0.29) is 0 Å². The molecule has 0 atom stereocenters. The van der Waals surface area contributed by atoms with Crippen LogP contribution >= 0.6 is 0 Å². The van der Waals surface area contributed by atoms with Crippen LogP contribution < -0.4 is 5.32 Å². The number of aromatic nitrogens is 1. The Hall–Kier alpha value is -2.38. The Morgan fingerprint density at radius 2 is 1.74 bits per heavy atom. The molecule has 1 fully saturated rings. The second-order valence-electron chi connectivity index (χ2n) is 6.08. The standard InChI is InChI=1S/C19H22N4/c20-10-5-16-1-3-18(4-2-16)22-19-8-13-23(14-9-19)15-17-6-11-21-12-7-17/h1-4,6-7,11-12,19,22H,5,8-9,13-15H2. The first-order valence-corrected chi connectivity index (χ1v) is 8.17. The summed E-state index contributed by atoms with van der Waals surface area (Å²) in [4.78, 5) is 6.57. The summed E-state index contributed by atoms with van der Waals surface area (Å²) in [5.74, 6) is 0. The van der Waals surface area contributed by atoms with Gasteiger partial charge in [-0.15, -0.1) is 0 Å². The highest BCUT2D eigenvalue weighted by molar-refractivity contribution is 5.45. The van der Waals surface area contributed by atoms with E-state index in [1.807, 2.05) is 24.5 Å². The summed E-state index contributed by atoms with van der Waals surface area (Å²) in [6.07, 6.45) is 6.52. The first-order valence-electron chi connectivity index (χ1n) is 8.17. The highest BCUT2D eigenvalue weighted by Gasteiger charge is 2.18. The van der Waals surface area contributed by atoms with Crippen molar-refractivity contribution < 1.29 is 0 Å². The molecular weight excluding hydrogens is 284 g/mol. The van der Waals surface area contributed by atoms with Crippen molar-refractivity contribution in [2.75, 3.05) is 18.4 Å². The van der Waals surface area contributed by atoms with E-state index in [0.717, 1.165) is 43.7 Å². The van der Waals surface area contributed by atoms with Crippen LogP contribution in [0.1, 0.15) is 24.0 Å². The van der Waals surface area contributed by atoms with E-state index in [0.29, 0.717) is 12.5 Å². The lowest BCUT2D eigenvalue weighted by molar-refractivity contribution is 0.211. The number of rotatable bonds is 5. The monoisotopic (exact) mass is 306 g/mol. The molecule has 0 spiro atoms. The van der Waals surface area contributed by atoms with Gasteiger partial charge in [0.05, 0.1) is 12.5 Å². The van der Waals surface area contributed by atoms with E-state index in [9.17, 15) is 0 Å². The molecule has 3 rings (SSSR count). The van der Waals surface area contributed by atoms with Gasteiger partial charge in [0.1, 0.15) is 0 Å². The number of hydrogen-bond donors (Lipinski definition) is 1.